The third kappa shape index (κ3) is 3.16. The first kappa shape index (κ1) is 18.2. The molecule has 1 heterocycles. The molecule has 4 aromatic carbocycles. The number of nitriles is 1. The highest BCUT2D eigenvalue weighted by Gasteiger charge is 2.12. The lowest BCUT2D eigenvalue weighted by Gasteiger charge is -2.07. The van der Waals surface area contributed by atoms with E-state index in [1.54, 1.807) is 12.1 Å². The first-order valence-corrected chi connectivity index (χ1v) is 10.1. The van der Waals surface area contributed by atoms with Crippen LogP contribution in [0.15, 0.2) is 97.1 Å². The molecule has 0 fully saturated rings. The number of aromatic nitrogens is 1. The molecule has 2 nitrogen and oxygen atoms in total. The number of nitrogens with zero attached hydrogens (tertiary/aromatic N) is 2. The molecule has 5 aromatic rings. The molecule has 3 heteroatoms. The Balaban J connectivity index is 1.71. The summed E-state index contributed by atoms with van der Waals surface area (Å²) in [6.07, 6.45) is 1.93. The Labute approximate surface area is 179 Å². The van der Waals surface area contributed by atoms with Crippen molar-refractivity contribution in [3.63, 3.8) is 0 Å². The van der Waals surface area contributed by atoms with Crippen molar-refractivity contribution in [3.05, 3.63) is 113 Å². The van der Waals surface area contributed by atoms with Crippen LogP contribution in [-0.4, -0.2) is 4.57 Å². The highest BCUT2D eigenvalue weighted by atomic mass is 35.5. The largest absolute Gasteiger partial charge is 0.309 e. The molecule has 30 heavy (non-hydrogen) atoms. The number of fused-ring (bicyclic) bond motifs is 3. The minimum absolute atomic E-state index is 0.609. The summed E-state index contributed by atoms with van der Waals surface area (Å²) in [5.74, 6) is 0. The molecule has 0 unspecified atom stereocenters. The minimum atomic E-state index is 0.609. The number of hydrogen-bond donors (Lipinski definition) is 0. The standard InChI is InChI=1S/C27H17ClN2/c28-22-13-11-20(12-14-22)21(18-29)16-19-10-15-27-25(17-19)24-8-4-5-9-26(24)30(27)23-6-2-1-3-7-23/h1-17H/b21-16+. The SMILES string of the molecule is N#C/C(=C\c1ccc2c(c1)c1ccccc1n2-c1ccccc1)c1ccc(Cl)cc1. The van der Waals surface area contributed by atoms with Crippen molar-refractivity contribution in [1.29, 1.82) is 5.26 Å². The summed E-state index contributed by atoms with van der Waals surface area (Å²) in [5, 5.41) is 12.7. The number of rotatable bonds is 3. The van der Waals surface area contributed by atoms with Crippen molar-refractivity contribution in [2.24, 2.45) is 0 Å². The van der Waals surface area contributed by atoms with E-state index in [-0.39, 0.29) is 0 Å². The first-order valence-electron chi connectivity index (χ1n) is 9.71. The molecule has 0 spiro atoms. The zero-order valence-corrected chi connectivity index (χ0v) is 16.8. The van der Waals surface area contributed by atoms with Crippen LogP contribution in [0.1, 0.15) is 11.1 Å². The van der Waals surface area contributed by atoms with Crippen LogP contribution >= 0.6 is 11.6 Å². The van der Waals surface area contributed by atoms with Crippen molar-refractivity contribution < 1.29 is 0 Å². The lowest BCUT2D eigenvalue weighted by molar-refractivity contribution is 1.18. The van der Waals surface area contributed by atoms with Gasteiger partial charge in [-0.1, -0.05) is 66.2 Å². The van der Waals surface area contributed by atoms with E-state index in [1.807, 2.05) is 24.3 Å². The number of hydrogen-bond acceptors (Lipinski definition) is 1. The van der Waals surface area contributed by atoms with E-state index in [4.69, 9.17) is 11.6 Å². The molecule has 0 radical (unpaired) electrons. The smallest absolute Gasteiger partial charge is 0.0998 e. The van der Waals surface area contributed by atoms with Gasteiger partial charge in [-0.05, 0) is 59.7 Å². The molecular weight excluding hydrogens is 388 g/mol. The molecule has 0 aliphatic rings. The molecule has 0 atom stereocenters. The van der Waals surface area contributed by atoms with E-state index in [1.165, 1.54) is 5.39 Å². The van der Waals surface area contributed by atoms with Gasteiger partial charge in [-0.3, -0.25) is 0 Å². The van der Waals surface area contributed by atoms with Crippen LogP contribution in [0, 0.1) is 11.3 Å². The minimum Gasteiger partial charge on any atom is -0.309 e. The summed E-state index contributed by atoms with van der Waals surface area (Å²) in [6.45, 7) is 0. The number of halogens is 1. The molecule has 0 aliphatic heterocycles. The van der Waals surface area contributed by atoms with Crippen molar-refractivity contribution in [2.45, 2.75) is 0 Å². The van der Waals surface area contributed by atoms with E-state index in [0.717, 1.165) is 33.2 Å². The predicted molar refractivity (Wildman–Crippen MR) is 126 cm³/mol. The summed E-state index contributed by atoms with van der Waals surface area (Å²) in [4.78, 5) is 0. The van der Waals surface area contributed by atoms with Crippen LogP contribution in [0.5, 0.6) is 0 Å². The van der Waals surface area contributed by atoms with Crippen LogP contribution in [0.25, 0.3) is 39.1 Å². The van der Waals surface area contributed by atoms with Crippen molar-refractivity contribution in [1.82, 2.24) is 4.57 Å². The fourth-order valence-electron chi connectivity index (χ4n) is 3.91. The number of allylic oxidation sites excluding steroid dienone is 1. The van der Waals surface area contributed by atoms with Gasteiger partial charge in [-0.2, -0.15) is 5.26 Å². The zero-order chi connectivity index (χ0) is 20.5. The van der Waals surface area contributed by atoms with E-state index >= 15 is 0 Å². The zero-order valence-electron chi connectivity index (χ0n) is 16.1. The van der Waals surface area contributed by atoms with Gasteiger partial charge in [0.05, 0.1) is 22.7 Å². The Morgan fingerprint density at radius 1 is 0.767 bits per heavy atom. The average molecular weight is 405 g/mol. The average Bonchev–Trinajstić information content (AvgIpc) is 3.12. The molecular formula is C27H17ClN2. The van der Waals surface area contributed by atoms with Gasteiger partial charge < -0.3 is 4.57 Å². The van der Waals surface area contributed by atoms with E-state index in [0.29, 0.717) is 10.6 Å². The summed E-state index contributed by atoms with van der Waals surface area (Å²) in [5.41, 5.74) is 5.89. The van der Waals surface area contributed by atoms with Crippen LogP contribution in [0.2, 0.25) is 5.02 Å². The van der Waals surface area contributed by atoms with Crippen LogP contribution in [0.3, 0.4) is 0 Å². The first-order chi connectivity index (χ1) is 14.7. The summed E-state index contributed by atoms with van der Waals surface area (Å²) in [6, 6.07) is 34.8. The summed E-state index contributed by atoms with van der Waals surface area (Å²) < 4.78 is 2.28. The van der Waals surface area contributed by atoms with Gasteiger partial charge in [0.15, 0.2) is 0 Å². The van der Waals surface area contributed by atoms with Gasteiger partial charge in [0.2, 0.25) is 0 Å². The lowest BCUT2D eigenvalue weighted by atomic mass is 10.0. The number of benzene rings is 4. The van der Waals surface area contributed by atoms with Crippen molar-refractivity contribution in [3.8, 4) is 11.8 Å². The van der Waals surface area contributed by atoms with Crippen LogP contribution < -0.4 is 0 Å². The van der Waals surface area contributed by atoms with Gasteiger partial charge >= 0.3 is 0 Å². The Hall–Kier alpha value is -3.80. The predicted octanol–water partition coefficient (Wildman–Crippen LogP) is 7.50. The molecule has 5 rings (SSSR count). The highest BCUT2D eigenvalue weighted by Crippen LogP contribution is 2.33. The second kappa shape index (κ2) is 7.55. The second-order valence-corrected chi connectivity index (χ2v) is 7.58. The Bertz CT molecular complexity index is 1440. The molecule has 0 bridgehead atoms. The fraction of sp³-hybridized carbons (Fsp3) is 0. The third-order valence-corrected chi connectivity index (χ3v) is 5.55. The maximum Gasteiger partial charge on any atom is 0.0998 e. The second-order valence-electron chi connectivity index (χ2n) is 7.14. The summed E-state index contributed by atoms with van der Waals surface area (Å²) >= 11 is 5.99. The highest BCUT2D eigenvalue weighted by molar-refractivity contribution is 6.30. The molecule has 0 aliphatic carbocycles. The Morgan fingerprint density at radius 3 is 2.23 bits per heavy atom. The van der Waals surface area contributed by atoms with Crippen LogP contribution in [0.4, 0.5) is 0 Å². The number of para-hydroxylation sites is 2. The quantitative estimate of drug-likeness (QED) is 0.226. The molecule has 0 amide bonds. The van der Waals surface area contributed by atoms with E-state index in [9.17, 15) is 5.26 Å². The maximum atomic E-state index is 9.69. The normalized spacial score (nSPS) is 11.7. The van der Waals surface area contributed by atoms with Gasteiger partial charge in [0.1, 0.15) is 0 Å². The lowest BCUT2D eigenvalue weighted by Crippen LogP contribution is -1.92. The van der Waals surface area contributed by atoms with Crippen LogP contribution in [-0.2, 0) is 0 Å². The molecule has 0 saturated carbocycles. The molecule has 142 valence electrons. The topological polar surface area (TPSA) is 28.7 Å². The van der Waals surface area contributed by atoms with Gasteiger partial charge in [-0.25, -0.2) is 0 Å². The monoisotopic (exact) mass is 404 g/mol. The Morgan fingerprint density at radius 2 is 1.47 bits per heavy atom. The maximum absolute atomic E-state index is 9.69. The van der Waals surface area contributed by atoms with Crippen molar-refractivity contribution in [2.75, 3.05) is 0 Å². The summed E-state index contributed by atoms with van der Waals surface area (Å²) in [7, 11) is 0. The van der Waals surface area contributed by atoms with Gasteiger partial charge in [-0.15, -0.1) is 0 Å². The van der Waals surface area contributed by atoms with E-state index < -0.39 is 0 Å². The van der Waals surface area contributed by atoms with Gasteiger partial charge in [0.25, 0.3) is 0 Å². The third-order valence-electron chi connectivity index (χ3n) is 5.30. The molecule has 0 saturated heterocycles. The molecule has 0 N–H and O–H groups in total. The molecule has 1 aromatic heterocycles. The fourth-order valence-corrected chi connectivity index (χ4v) is 4.04. The van der Waals surface area contributed by atoms with Crippen molar-refractivity contribution >= 4 is 45.1 Å². The Kier molecular flexibility index (Phi) is 4.59. The van der Waals surface area contributed by atoms with E-state index in [2.05, 4.69) is 77.4 Å². The van der Waals surface area contributed by atoms with Gasteiger partial charge in [0, 0.05) is 21.5 Å².